The van der Waals surface area contributed by atoms with Gasteiger partial charge in [-0.3, -0.25) is 14.5 Å². The van der Waals surface area contributed by atoms with Crippen molar-refractivity contribution in [3.63, 3.8) is 0 Å². The molecule has 0 atom stereocenters. The summed E-state index contributed by atoms with van der Waals surface area (Å²) in [6, 6.07) is 15.1. The summed E-state index contributed by atoms with van der Waals surface area (Å²) < 4.78 is 0. The van der Waals surface area contributed by atoms with Crippen LogP contribution in [0.3, 0.4) is 0 Å². The van der Waals surface area contributed by atoms with Gasteiger partial charge >= 0.3 is 0 Å². The van der Waals surface area contributed by atoms with Gasteiger partial charge in [0.1, 0.15) is 0 Å². The van der Waals surface area contributed by atoms with Crippen LogP contribution in [0, 0.1) is 0 Å². The SMILES string of the molecule is CNC(=O)c1ccc(/C=C/C(=O)Nc2cccc(CN3CCCCC3)c2)cc1. The molecule has 1 aliphatic heterocycles. The van der Waals surface area contributed by atoms with Crippen molar-refractivity contribution in [2.75, 3.05) is 25.5 Å². The summed E-state index contributed by atoms with van der Waals surface area (Å²) in [6.07, 6.45) is 7.11. The van der Waals surface area contributed by atoms with Crippen LogP contribution in [0.1, 0.15) is 40.7 Å². The van der Waals surface area contributed by atoms with Gasteiger partial charge in [0.15, 0.2) is 0 Å². The number of anilines is 1. The fourth-order valence-corrected chi connectivity index (χ4v) is 3.37. The van der Waals surface area contributed by atoms with Crippen LogP contribution in [0.5, 0.6) is 0 Å². The third-order valence-corrected chi connectivity index (χ3v) is 4.88. The number of amides is 2. The topological polar surface area (TPSA) is 61.4 Å². The number of rotatable bonds is 6. The lowest BCUT2D eigenvalue weighted by Crippen LogP contribution is -2.29. The molecule has 0 bridgehead atoms. The molecule has 146 valence electrons. The predicted octanol–water partition coefficient (Wildman–Crippen LogP) is 3.68. The molecule has 5 nitrogen and oxygen atoms in total. The Morgan fingerprint density at radius 1 is 1.04 bits per heavy atom. The van der Waals surface area contributed by atoms with Gasteiger partial charge in [0.05, 0.1) is 0 Å². The fourth-order valence-electron chi connectivity index (χ4n) is 3.37. The number of likely N-dealkylation sites (tertiary alicyclic amines) is 1. The van der Waals surface area contributed by atoms with Gasteiger partial charge in [0.25, 0.3) is 5.91 Å². The number of nitrogens with zero attached hydrogens (tertiary/aromatic N) is 1. The minimum atomic E-state index is -0.175. The van der Waals surface area contributed by atoms with Crippen LogP contribution in [0.2, 0.25) is 0 Å². The molecule has 28 heavy (non-hydrogen) atoms. The number of carbonyl (C=O) groups is 2. The molecule has 0 aromatic heterocycles. The van der Waals surface area contributed by atoms with E-state index in [0.29, 0.717) is 5.56 Å². The summed E-state index contributed by atoms with van der Waals surface area (Å²) in [5.74, 6) is -0.303. The molecule has 5 heteroatoms. The standard InChI is InChI=1S/C23H27N3O2/c1-24-23(28)20-11-8-18(9-12-20)10-13-22(27)25-21-7-5-6-19(16-21)17-26-14-3-2-4-15-26/h5-13,16H,2-4,14-15,17H2,1H3,(H,24,28)(H,25,27)/b13-10+. The van der Waals surface area contributed by atoms with Crippen LogP contribution < -0.4 is 10.6 Å². The molecule has 1 heterocycles. The monoisotopic (exact) mass is 377 g/mol. The van der Waals surface area contributed by atoms with Gasteiger partial charge in [-0.25, -0.2) is 0 Å². The summed E-state index contributed by atoms with van der Waals surface area (Å²) in [5, 5.41) is 5.50. The molecule has 2 N–H and O–H groups in total. The van der Waals surface area contributed by atoms with Crippen LogP contribution >= 0.6 is 0 Å². The molecule has 3 rings (SSSR count). The van der Waals surface area contributed by atoms with Crippen molar-refractivity contribution >= 4 is 23.6 Å². The molecule has 0 radical (unpaired) electrons. The van der Waals surface area contributed by atoms with Crippen LogP contribution in [0.4, 0.5) is 5.69 Å². The maximum absolute atomic E-state index is 12.2. The third kappa shape index (κ3) is 5.79. The maximum Gasteiger partial charge on any atom is 0.251 e. The first kappa shape index (κ1) is 19.8. The second-order valence-electron chi connectivity index (χ2n) is 7.06. The number of hydrogen-bond donors (Lipinski definition) is 2. The van der Waals surface area contributed by atoms with Crippen LogP contribution in [0.15, 0.2) is 54.6 Å². The number of carbonyl (C=O) groups excluding carboxylic acids is 2. The lowest BCUT2D eigenvalue weighted by molar-refractivity contribution is -0.111. The second kappa shape index (κ2) is 9.85. The fraction of sp³-hybridized carbons (Fsp3) is 0.304. The van der Waals surface area contributed by atoms with Crippen molar-refractivity contribution in [1.82, 2.24) is 10.2 Å². The van der Waals surface area contributed by atoms with Crippen molar-refractivity contribution < 1.29 is 9.59 Å². The molecule has 0 aliphatic carbocycles. The van der Waals surface area contributed by atoms with Gasteiger partial charge in [0, 0.05) is 30.9 Å². The highest BCUT2D eigenvalue weighted by Crippen LogP contribution is 2.16. The van der Waals surface area contributed by atoms with E-state index < -0.39 is 0 Å². The van der Waals surface area contributed by atoms with Crippen LogP contribution in [-0.4, -0.2) is 36.9 Å². The smallest absolute Gasteiger partial charge is 0.251 e. The molecular weight excluding hydrogens is 350 g/mol. The normalized spacial score (nSPS) is 14.8. The Bertz CT molecular complexity index is 837. The zero-order valence-corrected chi connectivity index (χ0v) is 16.3. The molecule has 2 amide bonds. The Balaban J connectivity index is 1.56. The lowest BCUT2D eigenvalue weighted by atomic mass is 10.1. The molecule has 0 unspecified atom stereocenters. The van der Waals surface area contributed by atoms with E-state index in [-0.39, 0.29) is 11.8 Å². The minimum absolute atomic E-state index is 0.127. The lowest BCUT2D eigenvalue weighted by Gasteiger charge is -2.26. The summed E-state index contributed by atoms with van der Waals surface area (Å²) in [6.45, 7) is 3.23. The van der Waals surface area contributed by atoms with Crippen molar-refractivity contribution in [2.24, 2.45) is 0 Å². The number of hydrogen-bond acceptors (Lipinski definition) is 3. The summed E-state index contributed by atoms with van der Waals surface area (Å²) in [4.78, 5) is 26.3. The Kier molecular flexibility index (Phi) is 6.98. The molecule has 2 aromatic carbocycles. The highest BCUT2D eigenvalue weighted by molar-refractivity contribution is 6.02. The van der Waals surface area contributed by atoms with E-state index >= 15 is 0 Å². The van der Waals surface area contributed by atoms with Crippen molar-refractivity contribution in [2.45, 2.75) is 25.8 Å². The van der Waals surface area contributed by atoms with Crippen molar-refractivity contribution in [3.05, 3.63) is 71.3 Å². The van der Waals surface area contributed by atoms with Crippen molar-refractivity contribution in [1.29, 1.82) is 0 Å². The van der Waals surface area contributed by atoms with Gasteiger partial charge in [-0.15, -0.1) is 0 Å². The Morgan fingerprint density at radius 3 is 2.50 bits per heavy atom. The molecule has 1 aliphatic rings. The minimum Gasteiger partial charge on any atom is -0.355 e. The van der Waals surface area contributed by atoms with Gasteiger partial charge in [0.2, 0.25) is 5.91 Å². The van der Waals surface area contributed by atoms with Crippen molar-refractivity contribution in [3.8, 4) is 0 Å². The van der Waals surface area contributed by atoms with E-state index in [0.717, 1.165) is 30.9 Å². The predicted molar refractivity (Wildman–Crippen MR) is 113 cm³/mol. The largest absolute Gasteiger partial charge is 0.355 e. The van der Waals surface area contributed by atoms with Gasteiger partial charge < -0.3 is 10.6 Å². The van der Waals surface area contributed by atoms with Gasteiger partial charge in [-0.05, 0) is 67.4 Å². The van der Waals surface area contributed by atoms with Gasteiger partial charge in [-0.1, -0.05) is 30.7 Å². The highest BCUT2D eigenvalue weighted by atomic mass is 16.2. The summed E-state index contributed by atoms with van der Waals surface area (Å²) in [7, 11) is 1.60. The molecule has 1 fully saturated rings. The highest BCUT2D eigenvalue weighted by Gasteiger charge is 2.10. The average molecular weight is 377 g/mol. The van der Waals surface area contributed by atoms with E-state index in [2.05, 4.69) is 21.6 Å². The first-order valence-electron chi connectivity index (χ1n) is 9.76. The Morgan fingerprint density at radius 2 is 1.79 bits per heavy atom. The van der Waals surface area contributed by atoms with E-state index in [4.69, 9.17) is 0 Å². The van der Waals surface area contributed by atoms with Crippen LogP contribution in [-0.2, 0) is 11.3 Å². The first-order valence-corrected chi connectivity index (χ1v) is 9.76. The molecule has 0 saturated carbocycles. The summed E-state index contributed by atoms with van der Waals surface area (Å²) >= 11 is 0. The molecule has 1 saturated heterocycles. The number of benzene rings is 2. The average Bonchev–Trinajstić information content (AvgIpc) is 2.73. The Labute approximate surface area is 166 Å². The molecule has 2 aromatic rings. The van der Waals surface area contributed by atoms with E-state index in [1.807, 2.05) is 30.3 Å². The molecular formula is C23H27N3O2. The number of nitrogens with one attached hydrogen (secondary N) is 2. The zero-order valence-electron chi connectivity index (χ0n) is 16.3. The first-order chi connectivity index (χ1) is 13.6. The van der Waals surface area contributed by atoms with Crippen LogP contribution in [0.25, 0.3) is 6.08 Å². The zero-order chi connectivity index (χ0) is 19.8. The number of piperidine rings is 1. The second-order valence-corrected chi connectivity index (χ2v) is 7.06. The quantitative estimate of drug-likeness (QED) is 0.755. The summed E-state index contributed by atoms with van der Waals surface area (Å²) in [5.41, 5.74) is 3.48. The van der Waals surface area contributed by atoms with E-state index in [9.17, 15) is 9.59 Å². The third-order valence-electron chi connectivity index (χ3n) is 4.88. The van der Waals surface area contributed by atoms with Gasteiger partial charge in [-0.2, -0.15) is 0 Å². The maximum atomic E-state index is 12.2. The van der Waals surface area contributed by atoms with E-state index in [1.54, 1.807) is 25.3 Å². The van der Waals surface area contributed by atoms with E-state index in [1.165, 1.54) is 30.9 Å². The Hall–Kier alpha value is -2.92. The molecule has 0 spiro atoms.